The van der Waals surface area contributed by atoms with E-state index in [9.17, 15) is 0 Å². The van der Waals surface area contributed by atoms with Crippen LogP contribution in [0.2, 0.25) is 0 Å². The lowest BCUT2D eigenvalue weighted by molar-refractivity contribution is 0.244. The lowest BCUT2D eigenvalue weighted by atomic mass is 10.2. The van der Waals surface area contributed by atoms with Crippen LogP contribution in [0.5, 0.6) is 5.75 Å². The van der Waals surface area contributed by atoms with Crippen LogP contribution < -0.4 is 4.74 Å². The zero-order valence-electron chi connectivity index (χ0n) is 14.5. The van der Waals surface area contributed by atoms with Crippen molar-refractivity contribution in [1.29, 1.82) is 0 Å². The Labute approximate surface area is 153 Å². The van der Waals surface area contributed by atoms with Crippen molar-refractivity contribution in [1.82, 2.24) is 19.2 Å². The quantitative estimate of drug-likeness (QED) is 0.603. The Morgan fingerprint density at radius 2 is 1.80 bits per heavy atom. The standard InChI is InChI=1S/C19H22N4OS/c1-3-24-18-11-9-16(10-12-18)13-21(2)15-23-19(25)22(14-20-23)17-7-5-4-6-8-17/h4-12,14H,3,13,15H2,1-2H3. The van der Waals surface area contributed by atoms with Crippen molar-refractivity contribution in [2.75, 3.05) is 13.7 Å². The van der Waals surface area contributed by atoms with Crippen LogP contribution in [0.3, 0.4) is 0 Å². The van der Waals surface area contributed by atoms with Gasteiger partial charge in [-0.05, 0) is 56.0 Å². The molecule has 0 bridgehead atoms. The number of hydrogen-bond acceptors (Lipinski definition) is 4. The molecular weight excluding hydrogens is 332 g/mol. The second-order valence-corrected chi connectivity index (χ2v) is 6.22. The van der Waals surface area contributed by atoms with Crippen molar-refractivity contribution < 1.29 is 4.74 Å². The zero-order valence-corrected chi connectivity index (χ0v) is 15.3. The molecule has 2 aromatic carbocycles. The van der Waals surface area contributed by atoms with E-state index in [2.05, 4.69) is 29.2 Å². The van der Waals surface area contributed by atoms with Gasteiger partial charge in [-0.3, -0.25) is 9.47 Å². The molecule has 0 saturated heterocycles. The fourth-order valence-corrected chi connectivity index (χ4v) is 2.91. The lowest BCUT2D eigenvalue weighted by Gasteiger charge is -2.16. The number of ether oxygens (including phenoxy) is 1. The SMILES string of the molecule is CCOc1ccc(CN(C)Cn2ncn(-c3ccccc3)c2=S)cc1. The summed E-state index contributed by atoms with van der Waals surface area (Å²) in [4.78, 5) is 2.17. The third kappa shape index (κ3) is 4.35. The number of hydrogen-bond donors (Lipinski definition) is 0. The van der Waals surface area contributed by atoms with Gasteiger partial charge in [0.2, 0.25) is 4.77 Å². The van der Waals surface area contributed by atoms with Gasteiger partial charge in [-0.15, -0.1) is 0 Å². The molecule has 0 atom stereocenters. The van der Waals surface area contributed by atoms with Crippen molar-refractivity contribution in [2.24, 2.45) is 0 Å². The van der Waals surface area contributed by atoms with Gasteiger partial charge in [0.15, 0.2) is 0 Å². The Morgan fingerprint density at radius 3 is 2.48 bits per heavy atom. The smallest absolute Gasteiger partial charge is 0.203 e. The maximum absolute atomic E-state index is 5.56. The van der Waals surface area contributed by atoms with Gasteiger partial charge < -0.3 is 4.74 Å². The van der Waals surface area contributed by atoms with Gasteiger partial charge >= 0.3 is 0 Å². The number of para-hydroxylation sites is 1. The van der Waals surface area contributed by atoms with Gasteiger partial charge in [0.05, 0.1) is 13.3 Å². The monoisotopic (exact) mass is 354 g/mol. The fraction of sp³-hybridized carbons (Fsp3) is 0.263. The maximum atomic E-state index is 5.56. The highest BCUT2D eigenvalue weighted by molar-refractivity contribution is 7.71. The maximum Gasteiger partial charge on any atom is 0.203 e. The van der Waals surface area contributed by atoms with E-state index in [1.807, 2.05) is 58.6 Å². The molecule has 0 radical (unpaired) electrons. The molecule has 3 aromatic rings. The van der Waals surface area contributed by atoms with Crippen molar-refractivity contribution >= 4 is 12.2 Å². The fourth-order valence-electron chi connectivity index (χ4n) is 2.65. The third-order valence-corrected chi connectivity index (χ3v) is 4.24. The van der Waals surface area contributed by atoms with Crippen LogP contribution in [0.4, 0.5) is 0 Å². The highest BCUT2D eigenvalue weighted by Crippen LogP contribution is 2.14. The molecule has 0 saturated carbocycles. The number of benzene rings is 2. The summed E-state index contributed by atoms with van der Waals surface area (Å²) in [6.07, 6.45) is 1.77. The Balaban J connectivity index is 1.66. The van der Waals surface area contributed by atoms with Gasteiger partial charge in [-0.25, -0.2) is 4.68 Å². The molecule has 3 rings (SSSR count). The van der Waals surface area contributed by atoms with Crippen LogP contribution in [0.15, 0.2) is 60.9 Å². The van der Waals surface area contributed by atoms with Gasteiger partial charge in [-0.2, -0.15) is 5.10 Å². The molecule has 0 aliphatic carbocycles. The van der Waals surface area contributed by atoms with E-state index in [0.29, 0.717) is 18.0 Å². The number of nitrogens with zero attached hydrogens (tertiary/aromatic N) is 4. The second-order valence-electron chi connectivity index (χ2n) is 5.85. The first-order valence-electron chi connectivity index (χ1n) is 8.27. The lowest BCUT2D eigenvalue weighted by Crippen LogP contribution is -2.22. The molecule has 0 N–H and O–H groups in total. The first-order chi connectivity index (χ1) is 12.2. The molecular formula is C19H22N4OS. The van der Waals surface area contributed by atoms with Crippen LogP contribution in [-0.4, -0.2) is 32.9 Å². The predicted octanol–water partition coefficient (Wildman–Crippen LogP) is 3.89. The van der Waals surface area contributed by atoms with Crippen LogP contribution in [-0.2, 0) is 13.2 Å². The Morgan fingerprint density at radius 1 is 1.08 bits per heavy atom. The van der Waals surface area contributed by atoms with Gasteiger partial charge in [0, 0.05) is 12.2 Å². The van der Waals surface area contributed by atoms with Crippen molar-refractivity contribution in [3.63, 3.8) is 0 Å². The third-order valence-electron chi connectivity index (χ3n) is 3.83. The summed E-state index contributed by atoms with van der Waals surface area (Å²) >= 11 is 5.56. The van der Waals surface area contributed by atoms with Gasteiger partial charge in [-0.1, -0.05) is 30.3 Å². The summed E-state index contributed by atoms with van der Waals surface area (Å²) < 4.78 is 9.91. The summed E-state index contributed by atoms with van der Waals surface area (Å²) in [5, 5.41) is 4.43. The molecule has 130 valence electrons. The number of rotatable bonds is 7. The van der Waals surface area contributed by atoms with Crippen LogP contribution in [0, 0.1) is 4.77 Å². The minimum Gasteiger partial charge on any atom is -0.494 e. The molecule has 6 heteroatoms. The summed E-state index contributed by atoms with van der Waals surface area (Å²) in [6, 6.07) is 18.2. The van der Waals surface area contributed by atoms with Crippen molar-refractivity contribution in [3.05, 3.63) is 71.3 Å². The average Bonchev–Trinajstić information content (AvgIpc) is 2.98. The topological polar surface area (TPSA) is 35.2 Å². The Kier molecular flexibility index (Phi) is 5.63. The summed E-state index contributed by atoms with van der Waals surface area (Å²) in [5.74, 6) is 0.901. The van der Waals surface area contributed by atoms with Gasteiger partial charge in [0.1, 0.15) is 12.1 Å². The van der Waals surface area contributed by atoms with Crippen LogP contribution in [0.25, 0.3) is 5.69 Å². The first kappa shape index (κ1) is 17.4. The Hall–Kier alpha value is -2.44. The zero-order chi connectivity index (χ0) is 17.6. The first-order valence-corrected chi connectivity index (χ1v) is 8.68. The van der Waals surface area contributed by atoms with E-state index in [4.69, 9.17) is 17.0 Å². The van der Waals surface area contributed by atoms with Crippen molar-refractivity contribution in [2.45, 2.75) is 20.1 Å². The van der Waals surface area contributed by atoms with E-state index < -0.39 is 0 Å². The molecule has 1 aromatic heterocycles. The van der Waals surface area contributed by atoms with E-state index in [-0.39, 0.29) is 0 Å². The summed E-state index contributed by atoms with van der Waals surface area (Å²) in [6.45, 7) is 4.11. The minimum absolute atomic E-state index is 0.631. The largest absolute Gasteiger partial charge is 0.494 e. The predicted molar refractivity (Wildman–Crippen MR) is 101 cm³/mol. The van der Waals surface area contributed by atoms with E-state index in [1.165, 1.54) is 5.56 Å². The highest BCUT2D eigenvalue weighted by Gasteiger charge is 2.07. The summed E-state index contributed by atoms with van der Waals surface area (Å²) in [7, 11) is 2.06. The molecule has 5 nitrogen and oxygen atoms in total. The second kappa shape index (κ2) is 8.09. The molecule has 0 fully saturated rings. The minimum atomic E-state index is 0.631. The van der Waals surface area contributed by atoms with Crippen molar-refractivity contribution in [3.8, 4) is 11.4 Å². The average molecular weight is 354 g/mol. The van der Waals surface area contributed by atoms with E-state index in [0.717, 1.165) is 18.0 Å². The van der Waals surface area contributed by atoms with Gasteiger partial charge in [0.25, 0.3) is 0 Å². The Bertz CT molecular complexity index is 855. The molecule has 1 heterocycles. The van der Waals surface area contributed by atoms with Crippen LogP contribution in [0.1, 0.15) is 12.5 Å². The molecule has 0 aliphatic heterocycles. The molecule has 0 aliphatic rings. The molecule has 0 unspecified atom stereocenters. The highest BCUT2D eigenvalue weighted by atomic mass is 32.1. The normalized spacial score (nSPS) is 11.0. The van der Waals surface area contributed by atoms with E-state index >= 15 is 0 Å². The summed E-state index contributed by atoms with van der Waals surface area (Å²) in [5.41, 5.74) is 2.24. The molecule has 0 amide bonds. The number of aromatic nitrogens is 3. The van der Waals surface area contributed by atoms with E-state index in [1.54, 1.807) is 6.33 Å². The molecule has 25 heavy (non-hydrogen) atoms. The molecule has 0 spiro atoms. The van der Waals surface area contributed by atoms with Crippen LogP contribution >= 0.6 is 12.2 Å².